The van der Waals surface area contributed by atoms with Crippen molar-refractivity contribution in [3.05, 3.63) is 48.0 Å². The van der Waals surface area contributed by atoms with Gasteiger partial charge in [-0.2, -0.15) is 0 Å². The SMILES string of the molecule is C[SH](C)CCCc1cccc2ccccc12. The molecule has 0 N–H and O–H groups in total. The van der Waals surface area contributed by atoms with Gasteiger partial charge >= 0.3 is 0 Å². The zero-order chi connectivity index (χ0) is 11.4. The van der Waals surface area contributed by atoms with Gasteiger partial charge in [0.15, 0.2) is 0 Å². The van der Waals surface area contributed by atoms with Crippen LogP contribution in [0.2, 0.25) is 0 Å². The minimum atomic E-state index is 0.260. The highest BCUT2D eigenvalue weighted by Crippen LogP contribution is 2.21. The maximum atomic E-state index is 2.36. The Balaban J connectivity index is 2.17. The van der Waals surface area contributed by atoms with Crippen molar-refractivity contribution in [2.75, 3.05) is 18.3 Å². The molecule has 16 heavy (non-hydrogen) atoms. The predicted octanol–water partition coefficient (Wildman–Crippen LogP) is 4.03. The van der Waals surface area contributed by atoms with Crippen LogP contribution in [-0.4, -0.2) is 18.3 Å². The standard InChI is InChI=1S/C15H20S/c1-16(2)12-6-10-14-9-5-8-13-7-3-4-11-15(13)14/h3-5,7-9,11,16H,6,10,12H2,1-2H3. The van der Waals surface area contributed by atoms with Gasteiger partial charge in [-0.25, -0.2) is 0 Å². The largest absolute Gasteiger partial charge is 0.259 e. The van der Waals surface area contributed by atoms with Crippen LogP contribution in [0, 0.1) is 0 Å². The van der Waals surface area contributed by atoms with E-state index in [2.05, 4.69) is 55.0 Å². The van der Waals surface area contributed by atoms with Gasteiger partial charge in [-0.3, -0.25) is 10.9 Å². The monoisotopic (exact) mass is 232 g/mol. The molecule has 0 spiro atoms. The third-order valence-corrected chi connectivity index (χ3v) is 4.14. The molecule has 0 aromatic heterocycles. The van der Waals surface area contributed by atoms with E-state index in [1.807, 2.05) is 0 Å². The third kappa shape index (κ3) is 2.79. The molecule has 0 saturated carbocycles. The fourth-order valence-corrected chi connectivity index (χ4v) is 2.89. The van der Waals surface area contributed by atoms with Crippen LogP contribution in [0.3, 0.4) is 0 Å². The first-order valence-corrected chi connectivity index (χ1v) is 8.31. The summed E-state index contributed by atoms with van der Waals surface area (Å²) in [7, 11) is 0.260. The summed E-state index contributed by atoms with van der Waals surface area (Å²) in [5, 5.41) is 2.80. The molecule has 0 radical (unpaired) electrons. The Bertz CT molecular complexity index is 454. The molecule has 0 atom stereocenters. The van der Waals surface area contributed by atoms with Gasteiger partial charge in [0, 0.05) is 0 Å². The molecule has 0 aliphatic heterocycles. The highest BCUT2D eigenvalue weighted by atomic mass is 32.2. The first-order valence-electron chi connectivity index (χ1n) is 5.89. The molecule has 2 aromatic carbocycles. The highest BCUT2D eigenvalue weighted by Gasteiger charge is 2.00. The molecule has 0 aliphatic rings. The molecular formula is C15H20S. The van der Waals surface area contributed by atoms with Crippen LogP contribution in [-0.2, 0) is 6.42 Å². The number of aryl methyl sites for hydroxylation is 1. The van der Waals surface area contributed by atoms with Gasteiger partial charge < -0.3 is 0 Å². The quantitative estimate of drug-likeness (QED) is 0.756. The molecule has 0 heterocycles. The molecule has 0 nitrogen and oxygen atoms in total. The Morgan fingerprint density at radius 3 is 2.50 bits per heavy atom. The Morgan fingerprint density at radius 2 is 1.69 bits per heavy atom. The van der Waals surface area contributed by atoms with Crippen molar-refractivity contribution < 1.29 is 0 Å². The second-order valence-corrected chi connectivity index (χ2v) is 7.15. The predicted molar refractivity (Wildman–Crippen MR) is 78.0 cm³/mol. The summed E-state index contributed by atoms with van der Waals surface area (Å²) in [6.07, 6.45) is 7.27. The molecule has 2 rings (SSSR count). The molecule has 0 fully saturated rings. The van der Waals surface area contributed by atoms with Crippen LogP contribution in [0.5, 0.6) is 0 Å². The second-order valence-electron chi connectivity index (χ2n) is 4.55. The van der Waals surface area contributed by atoms with Crippen LogP contribution < -0.4 is 0 Å². The summed E-state index contributed by atoms with van der Waals surface area (Å²) in [6, 6.07) is 15.3. The van der Waals surface area contributed by atoms with Gasteiger partial charge in [0.25, 0.3) is 0 Å². The fraction of sp³-hybridized carbons (Fsp3) is 0.333. The Morgan fingerprint density at radius 1 is 0.938 bits per heavy atom. The van der Waals surface area contributed by atoms with Crippen molar-refractivity contribution in [1.82, 2.24) is 0 Å². The first kappa shape index (κ1) is 11.5. The summed E-state index contributed by atoms with van der Waals surface area (Å²) in [6.45, 7) is 0. The molecule has 86 valence electrons. The third-order valence-electron chi connectivity index (χ3n) is 2.93. The summed E-state index contributed by atoms with van der Waals surface area (Å²) >= 11 is 0. The lowest BCUT2D eigenvalue weighted by Crippen LogP contribution is -1.91. The summed E-state index contributed by atoms with van der Waals surface area (Å²) in [4.78, 5) is 0. The van der Waals surface area contributed by atoms with Crippen LogP contribution in [0.1, 0.15) is 12.0 Å². The number of hydrogen-bond acceptors (Lipinski definition) is 0. The number of thiol groups is 1. The molecule has 1 heteroatoms. The van der Waals surface area contributed by atoms with Gasteiger partial charge in [-0.15, -0.1) is 0 Å². The van der Waals surface area contributed by atoms with E-state index < -0.39 is 0 Å². The highest BCUT2D eigenvalue weighted by molar-refractivity contribution is 8.15. The van der Waals surface area contributed by atoms with Gasteiger partial charge in [0.2, 0.25) is 0 Å². The van der Waals surface area contributed by atoms with Crippen molar-refractivity contribution in [3.63, 3.8) is 0 Å². The maximum Gasteiger partial charge on any atom is -0.0152 e. The zero-order valence-corrected chi connectivity index (χ0v) is 11.0. The van der Waals surface area contributed by atoms with E-state index in [9.17, 15) is 0 Å². The van der Waals surface area contributed by atoms with Crippen molar-refractivity contribution in [2.45, 2.75) is 12.8 Å². The van der Waals surface area contributed by atoms with Crippen LogP contribution in [0.4, 0.5) is 0 Å². The topological polar surface area (TPSA) is 0 Å². The summed E-state index contributed by atoms with van der Waals surface area (Å²) in [5.74, 6) is 1.39. The van der Waals surface area contributed by atoms with Crippen molar-refractivity contribution in [1.29, 1.82) is 0 Å². The van der Waals surface area contributed by atoms with E-state index in [4.69, 9.17) is 0 Å². The maximum absolute atomic E-state index is 2.36. The molecular weight excluding hydrogens is 212 g/mol. The van der Waals surface area contributed by atoms with Crippen LogP contribution >= 0.6 is 10.9 Å². The molecule has 0 unspecified atom stereocenters. The number of benzene rings is 2. The lowest BCUT2D eigenvalue weighted by molar-refractivity contribution is 0.940. The Labute approximate surface area is 101 Å². The number of fused-ring (bicyclic) bond motifs is 1. The van der Waals surface area contributed by atoms with Crippen LogP contribution in [0.25, 0.3) is 10.8 Å². The molecule has 2 aromatic rings. The van der Waals surface area contributed by atoms with Gasteiger partial charge in [0.1, 0.15) is 0 Å². The summed E-state index contributed by atoms with van der Waals surface area (Å²) in [5.41, 5.74) is 1.51. The van der Waals surface area contributed by atoms with E-state index in [-0.39, 0.29) is 10.9 Å². The average molecular weight is 232 g/mol. The van der Waals surface area contributed by atoms with E-state index in [0.717, 1.165) is 0 Å². The van der Waals surface area contributed by atoms with Crippen LogP contribution in [0.15, 0.2) is 42.5 Å². The van der Waals surface area contributed by atoms with E-state index in [0.29, 0.717) is 0 Å². The van der Waals surface area contributed by atoms with E-state index in [1.165, 1.54) is 34.9 Å². The normalized spacial score (nSPS) is 11.8. The zero-order valence-electron chi connectivity index (χ0n) is 10.1. The number of hydrogen-bond donors (Lipinski definition) is 1. The minimum Gasteiger partial charge on any atom is -0.259 e. The molecule has 0 amide bonds. The van der Waals surface area contributed by atoms with Crippen molar-refractivity contribution in [2.24, 2.45) is 0 Å². The fourth-order valence-electron chi connectivity index (χ4n) is 2.10. The Kier molecular flexibility index (Phi) is 3.89. The smallest absolute Gasteiger partial charge is 0.0152 e. The molecule has 0 saturated heterocycles. The molecule has 0 aliphatic carbocycles. The van der Waals surface area contributed by atoms with Gasteiger partial charge in [-0.1, -0.05) is 42.5 Å². The summed E-state index contributed by atoms with van der Waals surface area (Å²) < 4.78 is 0. The lowest BCUT2D eigenvalue weighted by atomic mass is 10.0. The second kappa shape index (κ2) is 5.40. The molecule has 0 bridgehead atoms. The number of rotatable bonds is 4. The van der Waals surface area contributed by atoms with E-state index in [1.54, 1.807) is 0 Å². The van der Waals surface area contributed by atoms with Gasteiger partial charge in [0.05, 0.1) is 0 Å². The minimum absolute atomic E-state index is 0.260. The van der Waals surface area contributed by atoms with E-state index >= 15 is 0 Å². The van der Waals surface area contributed by atoms with Crippen molar-refractivity contribution >= 4 is 21.7 Å². The van der Waals surface area contributed by atoms with Gasteiger partial charge in [-0.05, 0) is 47.4 Å². The average Bonchev–Trinajstić information content (AvgIpc) is 2.29. The lowest BCUT2D eigenvalue weighted by Gasteiger charge is -2.10. The Hall–Kier alpha value is -0.950. The first-order chi connectivity index (χ1) is 7.77. The van der Waals surface area contributed by atoms with Crippen molar-refractivity contribution in [3.8, 4) is 0 Å².